The fourth-order valence-corrected chi connectivity index (χ4v) is 10.8. The van der Waals surface area contributed by atoms with Crippen molar-refractivity contribution in [3.8, 4) is 32.0 Å². The van der Waals surface area contributed by atoms with Gasteiger partial charge >= 0.3 is 0 Å². The summed E-state index contributed by atoms with van der Waals surface area (Å²) in [7, 11) is 0. The number of unbranched alkanes of at least 4 members (excludes halogenated alkanes) is 2. The van der Waals surface area contributed by atoms with Gasteiger partial charge in [0.1, 0.15) is 21.8 Å². The van der Waals surface area contributed by atoms with Crippen LogP contribution >= 0.6 is 22.7 Å². The number of hydrogen-bond donors (Lipinski definition) is 1. The van der Waals surface area contributed by atoms with E-state index in [1.807, 2.05) is 22.2 Å². The Hall–Kier alpha value is -4.22. The molecule has 2 aliphatic carbocycles. The van der Waals surface area contributed by atoms with Crippen molar-refractivity contribution in [3.63, 3.8) is 0 Å². The molecule has 58 heavy (non-hydrogen) atoms. The Morgan fingerprint density at radius 3 is 1.64 bits per heavy atom. The third-order valence-corrected chi connectivity index (χ3v) is 14.8. The lowest BCUT2D eigenvalue weighted by Crippen LogP contribution is -2.48. The fraction of sp³-hybridized carbons (Fsp3) is 0.532. The van der Waals surface area contributed by atoms with Crippen LogP contribution in [0.15, 0.2) is 60.9 Å². The Labute approximate surface area is 351 Å². The van der Waals surface area contributed by atoms with E-state index in [-0.39, 0.29) is 53.3 Å². The van der Waals surface area contributed by atoms with Gasteiger partial charge in [-0.25, -0.2) is 9.97 Å². The van der Waals surface area contributed by atoms with E-state index in [0.29, 0.717) is 19.4 Å². The molecule has 2 saturated carbocycles. The fourth-order valence-electron chi connectivity index (χ4n) is 8.69. The monoisotopic (exact) mass is 819 g/mol. The highest BCUT2D eigenvalue weighted by Gasteiger charge is 2.40. The van der Waals surface area contributed by atoms with Crippen molar-refractivity contribution in [3.05, 3.63) is 70.9 Å². The maximum absolute atomic E-state index is 13.9. The van der Waals surface area contributed by atoms with E-state index in [1.54, 1.807) is 22.7 Å². The van der Waals surface area contributed by atoms with Crippen LogP contribution in [0.2, 0.25) is 0 Å². The second kappa shape index (κ2) is 18.4. The van der Waals surface area contributed by atoms with Crippen LogP contribution < -0.4 is 5.32 Å². The Bertz CT molecular complexity index is 1920. The van der Waals surface area contributed by atoms with Crippen molar-refractivity contribution in [2.75, 3.05) is 13.1 Å². The summed E-state index contributed by atoms with van der Waals surface area (Å²) in [6, 6.07) is 16.7. The van der Waals surface area contributed by atoms with E-state index in [1.165, 1.54) is 0 Å². The molecular weight excluding hydrogens is 763 g/mol. The molecule has 0 bridgehead atoms. The van der Waals surface area contributed by atoms with Gasteiger partial charge < -0.3 is 15.1 Å². The molecule has 2 aromatic heterocycles. The van der Waals surface area contributed by atoms with Gasteiger partial charge in [-0.1, -0.05) is 88.1 Å². The number of hydrogen-bond acceptors (Lipinski definition) is 8. The number of benzene rings is 2. The van der Waals surface area contributed by atoms with Crippen LogP contribution in [0.3, 0.4) is 0 Å². The summed E-state index contributed by atoms with van der Waals surface area (Å²) in [5.74, 6) is 0.537. The molecule has 0 spiro atoms. The number of carbonyl (C=O) groups excluding carboxylic acids is 4. The number of ketones is 1. The molecule has 1 N–H and O–H groups in total. The summed E-state index contributed by atoms with van der Waals surface area (Å²) in [5, 5.41) is 5.02. The lowest BCUT2D eigenvalue weighted by atomic mass is 9.93. The number of nitrogens with zero attached hydrogens (tertiary/aromatic N) is 4. The molecule has 4 aromatic rings. The van der Waals surface area contributed by atoms with Crippen LogP contribution in [0.1, 0.15) is 132 Å². The topological polar surface area (TPSA) is 113 Å². The minimum absolute atomic E-state index is 0.0211. The number of likely N-dealkylation sites (tertiary alicyclic amines) is 2. The van der Waals surface area contributed by atoms with Crippen LogP contribution in [0.4, 0.5) is 0 Å². The smallest absolute Gasteiger partial charge is 0.245 e. The molecule has 306 valence electrons. The molecule has 4 atom stereocenters. The van der Waals surface area contributed by atoms with Gasteiger partial charge in [0.05, 0.1) is 21.8 Å². The predicted octanol–water partition coefficient (Wildman–Crippen LogP) is 10.2. The predicted molar refractivity (Wildman–Crippen MR) is 231 cm³/mol. The largest absolute Gasteiger partial charge is 0.344 e. The molecule has 8 rings (SSSR count). The molecule has 9 nitrogen and oxygen atoms in total. The zero-order chi connectivity index (χ0) is 40.2. The summed E-state index contributed by atoms with van der Waals surface area (Å²) < 4.78 is 0. The number of Topliss-reactive ketones (excluding diaryl/α,β-unsaturated/α-hetero) is 1. The Balaban J connectivity index is 0.897. The lowest BCUT2D eigenvalue weighted by Gasteiger charge is -2.28. The molecule has 0 unspecified atom stereocenters. The standard InChI is InChI=1S/C47H57N5O4S2/c1-3-5-9-36(27-40(53)32-17-18-32)46(55)51-25-7-11-38(51)44-48-28-41(57-44)33-19-13-30(14-20-33)31-15-21-34(22-16-31)42-29-49-45(58-42)39-12-8-26-52(39)47(56)37(10-6-4-2)50-43(54)35-23-24-35/h13-16,19-22,28-29,32,35-39H,3-12,17-18,23-27H2,1-2H3,(H,50,54)/t36-,37+,38-,39-/m0/s1. The van der Waals surface area contributed by atoms with Gasteiger partial charge in [0, 0.05) is 49.7 Å². The zero-order valence-electron chi connectivity index (χ0n) is 34.0. The Morgan fingerprint density at radius 1 is 0.655 bits per heavy atom. The summed E-state index contributed by atoms with van der Waals surface area (Å²) in [4.78, 5) is 68.9. The first kappa shape index (κ1) is 40.6. The van der Waals surface area contributed by atoms with E-state index < -0.39 is 6.04 Å². The first-order valence-corrected chi connectivity index (χ1v) is 23.5. The van der Waals surface area contributed by atoms with Gasteiger partial charge in [-0.3, -0.25) is 19.2 Å². The summed E-state index contributed by atoms with van der Waals surface area (Å²) in [6.07, 6.45) is 17.1. The molecular formula is C47H57N5O4S2. The average molecular weight is 820 g/mol. The van der Waals surface area contributed by atoms with Gasteiger partial charge in [0.25, 0.3) is 0 Å². The van der Waals surface area contributed by atoms with Crippen LogP contribution in [-0.4, -0.2) is 62.4 Å². The van der Waals surface area contributed by atoms with E-state index in [2.05, 4.69) is 67.7 Å². The molecule has 0 radical (unpaired) electrons. The molecule has 4 aliphatic rings. The van der Waals surface area contributed by atoms with E-state index in [4.69, 9.17) is 9.97 Å². The number of thiazole rings is 2. The quantitative estimate of drug-likeness (QED) is 0.107. The third-order valence-electron chi connectivity index (χ3n) is 12.5. The van der Waals surface area contributed by atoms with Gasteiger partial charge in [-0.15, -0.1) is 22.7 Å². The van der Waals surface area contributed by atoms with Crippen LogP contribution in [0, 0.1) is 17.8 Å². The summed E-state index contributed by atoms with van der Waals surface area (Å²) >= 11 is 3.33. The van der Waals surface area contributed by atoms with Crippen LogP contribution in [-0.2, 0) is 19.2 Å². The lowest BCUT2D eigenvalue weighted by molar-refractivity contribution is -0.139. The molecule has 2 saturated heterocycles. The zero-order valence-corrected chi connectivity index (χ0v) is 35.6. The molecule has 4 heterocycles. The van der Waals surface area contributed by atoms with Crippen molar-refractivity contribution >= 4 is 46.2 Å². The van der Waals surface area contributed by atoms with Crippen molar-refractivity contribution in [2.45, 2.75) is 128 Å². The SMILES string of the molecule is CCCC[C@@H](CC(=O)C1CC1)C(=O)N1CCC[C@H]1c1ncc(-c2ccc(-c3ccc(-c4cnc([C@@H]5CCCN5C(=O)[C@@H](CCCC)NC(=O)C5CC5)s4)cc3)cc2)s1. The Morgan fingerprint density at radius 2 is 1.14 bits per heavy atom. The van der Waals surface area contributed by atoms with E-state index in [9.17, 15) is 19.2 Å². The summed E-state index contributed by atoms with van der Waals surface area (Å²) in [6.45, 7) is 5.69. The molecule has 4 fully saturated rings. The van der Waals surface area contributed by atoms with Crippen molar-refractivity contribution in [1.29, 1.82) is 0 Å². The first-order valence-electron chi connectivity index (χ1n) is 21.9. The van der Waals surface area contributed by atoms with Crippen LogP contribution in [0.25, 0.3) is 32.0 Å². The van der Waals surface area contributed by atoms with Gasteiger partial charge in [0.15, 0.2) is 0 Å². The normalized spacial score (nSPS) is 20.3. The highest BCUT2D eigenvalue weighted by Crippen LogP contribution is 2.41. The highest BCUT2D eigenvalue weighted by molar-refractivity contribution is 7.15. The molecule has 2 aromatic carbocycles. The first-order chi connectivity index (χ1) is 28.3. The van der Waals surface area contributed by atoms with Gasteiger partial charge in [0.2, 0.25) is 17.7 Å². The van der Waals surface area contributed by atoms with Crippen molar-refractivity contribution < 1.29 is 19.2 Å². The second-order valence-corrected chi connectivity index (χ2v) is 19.0. The van der Waals surface area contributed by atoms with E-state index >= 15 is 0 Å². The summed E-state index contributed by atoms with van der Waals surface area (Å²) in [5.41, 5.74) is 4.46. The maximum atomic E-state index is 13.9. The average Bonchev–Trinajstić information content (AvgIpc) is 4.01. The second-order valence-electron chi connectivity index (χ2n) is 16.9. The Kier molecular flexibility index (Phi) is 12.8. The minimum Gasteiger partial charge on any atom is -0.344 e. The molecule has 11 heteroatoms. The number of carbonyl (C=O) groups is 4. The van der Waals surface area contributed by atoms with Crippen molar-refractivity contribution in [1.82, 2.24) is 25.1 Å². The minimum atomic E-state index is -0.460. The van der Waals surface area contributed by atoms with Crippen LogP contribution in [0.5, 0.6) is 0 Å². The van der Waals surface area contributed by atoms with E-state index in [0.717, 1.165) is 132 Å². The highest BCUT2D eigenvalue weighted by atomic mass is 32.1. The van der Waals surface area contributed by atoms with Gasteiger partial charge in [-0.05, 0) is 86.5 Å². The molecule has 3 amide bonds. The third kappa shape index (κ3) is 9.31. The molecule has 2 aliphatic heterocycles. The number of rotatable bonds is 18. The number of nitrogens with one attached hydrogen (secondary N) is 1. The van der Waals surface area contributed by atoms with Crippen molar-refractivity contribution in [2.24, 2.45) is 17.8 Å². The number of aromatic nitrogens is 2. The maximum Gasteiger partial charge on any atom is 0.245 e. The van der Waals surface area contributed by atoms with Gasteiger partial charge in [-0.2, -0.15) is 0 Å². The number of amides is 3.